The maximum atomic E-state index is 13.3. The van der Waals surface area contributed by atoms with Crippen molar-refractivity contribution in [1.82, 2.24) is 10.2 Å². The molecule has 1 heterocycles. The molecule has 1 amide bonds. The molecule has 0 unspecified atom stereocenters. The van der Waals surface area contributed by atoms with E-state index in [9.17, 15) is 9.59 Å². The van der Waals surface area contributed by atoms with E-state index >= 15 is 0 Å². The number of amides is 1. The summed E-state index contributed by atoms with van der Waals surface area (Å²) in [6, 6.07) is 9.47. The highest BCUT2D eigenvalue weighted by Crippen LogP contribution is 2.28. The molecular formula is C23H34N4O3. The molecule has 1 aliphatic rings. The lowest BCUT2D eigenvalue weighted by Gasteiger charge is -2.36. The van der Waals surface area contributed by atoms with E-state index in [0.717, 1.165) is 5.69 Å². The number of hydrogen-bond acceptors (Lipinski definition) is 6. The first-order chi connectivity index (χ1) is 13.8. The predicted molar refractivity (Wildman–Crippen MR) is 120 cm³/mol. The number of ether oxygens (including phenoxy) is 1. The van der Waals surface area contributed by atoms with Crippen molar-refractivity contribution in [3.63, 3.8) is 0 Å². The molecule has 1 aromatic carbocycles. The maximum absolute atomic E-state index is 13.3. The van der Waals surface area contributed by atoms with Crippen LogP contribution in [0.1, 0.15) is 48.0 Å². The van der Waals surface area contributed by atoms with E-state index in [4.69, 9.17) is 4.74 Å². The minimum absolute atomic E-state index is 0.157. The Morgan fingerprint density at radius 3 is 2.20 bits per heavy atom. The topological polar surface area (TPSA) is 74.2 Å². The number of carbonyl (C=O) groups excluding carboxylic acids is 2. The highest BCUT2D eigenvalue weighted by atomic mass is 16.6. The Kier molecular flexibility index (Phi) is 6.95. The second-order valence-corrected chi connectivity index (χ2v) is 9.80. The second kappa shape index (κ2) is 8.90. The molecule has 0 atom stereocenters. The van der Waals surface area contributed by atoms with Gasteiger partial charge in [-0.05, 0) is 38.3 Å². The Balaban J connectivity index is 2.57. The average molecular weight is 415 g/mol. The van der Waals surface area contributed by atoms with Crippen molar-refractivity contribution in [2.24, 2.45) is 10.4 Å². The Morgan fingerprint density at radius 1 is 1.10 bits per heavy atom. The quantitative estimate of drug-likeness (QED) is 0.763. The first-order valence-electron chi connectivity index (χ1n) is 10.1. The molecule has 0 spiro atoms. The van der Waals surface area contributed by atoms with Crippen molar-refractivity contribution in [3.8, 4) is 0 Å². The van der Waals surface area contributed by atoms with E-state index in [1.54, 1.807) is 4.90 Å². The van der Waals surface area contributed by atoms with Gasteiger partial charge in [0.2, 0.25) is 11.9 Å². The van der Waals surface area contributed by atoms with Gasteiger partial charge in [0.15, 0.2) is 5.70 Å². The Hall–Kier alpha value is -2.83. The third-order valence-corrected chi connectivity index (χ3v) is 4.08. The summed E-state index contributed by atoms with van der Waals surface area (Å²) in [6.07, 6.45) is 0.327. The van der Waals surface area contributed by atoms with E-state index in [0.29, 0.717) is 18.1 Å². The van der Waals surface area contributed by atoms with Gasteiger partial charge in [-0.3, -0.25) is 9.69 Å². The highest BCUT2D eigenvalue weighted by Gasteiger charge is 2.35. The summed E-state index contributed by atoms with van der Waals surface area (Å²) in [5.41, 5.74) is 0.612. The largest absolute Gasteiger partial charge is 0.455 e. The normalized spacial score (nSPS) is 14.9. The molecule has 1 aromatic rings. The van der Waals surface area contributed by atoms with Gasteiger partial charge in [0, 0.05) is 26.2 Å². The van der Waals surface area contributed by atoms with Crippen LogP contribution in [0, 0.1) is 5.41 Å². The van der Waals surface area contributed by atoms with Gasteiger partial charge in [-0.2, -0.15) is 0 Å². The zero-order valence-electron chi connectivity index (χ0n) is 19.4. The minimum atomic E-state index is -0.681. The first kappa shape index (κ1) is 23.4. The van der Waals surface area contributed by atoms with Gasteiger partial charge in [-0.25, -0.2) is 9.79 Å². The summed E-state index contributed by atoms with van der Waals surface area (Å²) in [5, 5.41) is 2.92. The van der Waals surface area contributed by atoms with Crippen molar-refractivity contribution in [2.45, 2.75) is 53.6 Å². The summed E-state index contributed by atoms with van der Waals surface area (Å²) in [7, 11) is 3.73. The van der Waals surface area contributed by atoms with E-state index in [1.165, 1.54) is 0 Å². The van der Waals surface area contributed by atoms with Gasteiger partial charge in [0.05, 0.1) is 12.2 Å². The van der Waals surface area contributed by atoms with E-state index in [1.807, 2.05) is 90.9 Å². The number of aliphatic imine (C=N–C) groups is 1. The van der Waals surface area contributed by atoms with Crippen LogP contribution in [-0.2, 0) is 14.3 Å². The molecule has 7 heteroatoms. The fourth-order valence-corrected chi connectivity index (χ4v) is 3.03. The molecule has 7 nitrogen and oxygen atoms in total. The third kappa shape index (κ3) is 6.34. The maximum Gasteiger partial charge on any atom is 0.357 e. The van der Waals surface area contributed by atoms with Gasteiger partial charge >= 0.3 is 5.97 Å². The molecular weight excluding hydrogens is 380 g/mol. The Morgan fingerprint density at radius 2 is 1.70 bits per heavy atom. The molecule has 0 aromatic heterocycles. The second-order valence-electron chi connectivity index (χ2n) is 9.80. The predicted octanol–water partition coefficient (Wildman–Crippen LogP) is 3.53. The van der Waals surface area contributed by atoms with Crippen LogP contribution in [0.15, 0.2) is 46.7 Å². The molecule has 2 rings (SSSR count). The number of para-hydroxylation sites is 1. The number of guanidine groups is 1. The zero-order valence-corrected chi connectivity index (χ0v) is 19.4. The molecule has 1 N–H and O–H groups in total. The van der Waals surface area contributed by atoms with E-state index in [2.05, 4.69) is 10.3 Å². The summed E-state index contributed by atoms with van der Waals surface area (Å²) < 4.78 is 5.71. The number of esters is 1. The van der Waals surface area contributed by atoms with Gasteiger partial charge in [-0.1, -0.05) is 39.0 Å². The Bertz CT molecular complexity index is 843. The van der Waals surface area contributed by atoms with Crippen LogP contribution in [0.2, 0.25) is 0 Å². The van der Waals surface area contributed by atoms with Crippen LogP contribution >= 0.6 is 0 Å². The lowest BCUT2D eigenvalue weighted by Crippen LogP contribution is -2.48. The fraction of sp³-hybridized carbons (Fsp3) is 0.522. The molecule has 0 bridgehead atoms. The first-order valence-corrected chi connectivity index (χ1v) is 10.1. The van der Waals surface area contributed by atoms with Crippen LogP contribution in [0.5, 0.6) is 0 Å². The zero-order chi connectivity index (χ0) is 22.7. The number of nitrogens with one attached hydrogen (secondary N) is 1. The van der Waals surface area contributed by atoms with Crippen molar-refractivity contribution < 1.29 is 14.3 Å². The molecule has 0 saturated heterocycles. The van der Waals surface area contributed by atoms with Crippen LogP contribution in [0.25, 0.3) is 0 Å². The lowest BCUT2D eigenvalue weighted by molar-refractivity contribution is -0.150. The van der Waals surface area contributed by atoms with Crippen LogP contribution < -0.4 is 10.2 Å². The highest BCUT2D eigenvalue weighted by molar-refractivity contribution is 6.09. The SMILES string of the molecule is CN(C)C1=NCC(NC(=O)CC(C)(C)C)=C(C(=O)OC(C)(C)C)N1c1ccccc1. The van der Waals surface area contributed by atoms with Crippen molar-refractivity contribution in [1.29, 1.82) is 0 Å². The number of hydrogen-bond donors (Lipinski definition) is 1. The van der Waals surface area contributed by atoms with Gasteiger partial charge in [0.1, 0.15) is 5.60 Å². The van der Waals surface area contributed by atoms with Crippen molar-refractivity contribution >= 4 is 23.5 Å². The van der Waals surface area contributed by atoms with E-state index < -0.39 is 11.6 Å². The molecule has 1 aliphatic heterocycles. The number of carbonyl (C=O) groups is 2. The number of rotatable bonds is 4. The average Bonchev–Trinajstić information content (AvgIpc) is 2.58. The van der Waals surface area contributed by atoms with Crippen LogP contribution in [-0.4, -0.2) is 49.0 Å². The minimum Gasteiger partial charge on any atom is -0.455 e. The van der Waals surface area contributed by atoms with Gasteiger partial charge in [-0.15, -0.1) is 0 Å². The van der Waals surface area contributed by atoms with Crippen LogP contribution in [0.3, 0.4) is 0 Å². The van der Waals surface area contributed by atoms with Gasteiger partial charge < -0.3 is 15.0 Å². The number of benzene rings is 1. The van der Waals surface area contributed by atoms with Gasteiger partial charge in [0.25, 0.3) is 0 Å². The van der Waals surface area contributed by atoms with Crippen molar-refractivity contribution in [2.75, 3.05) is 25.5 Å². The smallest absolute Gasteiger partial charge is 0.357 e. The third-order valence-electron chi connectivity index (χ3n) is 4.08. The summed E-state index contributed by atoms with van der Waals surface area (Å²) in [6.45, 7) is 11.6. The number of nitrogens with zero attached hydrogens (tertiary/aromatic N) is 3. The van der Waals surface area contributed by atoms with Crippen molar-refractivity contribution in [3.05, 3.63) is 41.7 Å². The summed E-state index contributed by atoms with van der Waals surface area (Å²) in [5.74, 6) is -0.0717. The van der Waals surface area contributed by atoms with E-state index in [-0.39, 0.29) is 23.6 Å². The Labute approximate surface area is 179 Å². The standard InChI is InChI=1S/C23H34N4O3/c1-22(2,3)14-18(28)25-17-15-24-21(26(7)8)27(16-12-10-9-11-13-16)19(17)20(29)30-23(4,5)6/h9-13H,14-15H2,1-8H3,(H,25,28). The molecule has 164 valence electrons. The fourth-order valence-electron chi connectivity index (χ4n) is 3.03. The molecule has 0 saturated carbocycles. The monoisotopic (exact) mass is 414 g/mol. The lowest BCUT2D eigenvalue weighted by atomic mass is 9.92. The summed E-state index contributed by atoms with van der Waals surface area (Å²) in [4.78, 5) is 34.2. The molecule has 0 fully saturated rings. The molecule has 30 heavy (non-hydrogen) atoms. The molecule has 0 aliphatic carbocycles. The summed E-state index contributed by atoms with van der Waals surface area (Å²) >= 11 is 0. The molecule has 0 radical (unpaired) electrons. The van der Waals surface area contributed by atoms with Crippen LogP contribution in [0.4, 0.5) is 5.69 Å². The number of anilines is 1.